The number of benzene rings is 2. The summed E-state index contributed by atoms with van der Waals surface area (Å²) in [5.74, 6) is -3.52. The number of fused-ring (bicyclic) bond motifs is 1. The smallest absolute Gasteiger partial charge is 0.341 e. The van der Waals surface area contributed by atoms with Gasteiger partial charge in [0.2, 0.25) is 11.3 Å². The number of pyridine rings is 1. The first kappa shape index (κ1) is 28.5. The van der Waals surface area contributed by atoms with Crippen LogP contribution in [0.2, 0.25) is 0 Å². The van der Waals surface area contributed by atoms with Gasteiger partial charge in [-0.25, -0.2) is 13.6 Å². The highest BCUT2D eigenvalue weighted by atomic mass is 35.5. The van der Waals surface area contributed by atoms with Crippen molar-refractivity contribution in [2.24, 2.45) is 11.1 Å². The first-order valence-electron chi connectivity index (χ1n) is 12.7. The van der Waals surface area contributed by atoms with Crippen molar-refractivity contribution in [2.45, 2.75) is 44.7 Å². The topological polar surface area (TPSA) is 118 Å². The van der Waals surface area contributed by atoms with Gasteiger partial charge < -0.3 is 25.6 Å². The minimum absolute atomic E-state index is 0. The summed E-state index contributed by atoms with van der Waals surface area (Å²) in [6.07, 6.45) is 3.58. The third-order valence-corrected chi connectivity index (χ3v) is 7.55. The largest absolute Gasteiger partial charge is 0.477 e. The highest BCUT2D eigenvalue weighted by molar-refractivity contribution is 5.94. The van der Waals surface area contributed by atoms with Crippen molar-refractivity contribution in [1.82, 2.24) is 9.88 Å². The molecule has 1 aliphatic carbocycles. The molecule has 0 bridgehead atoms. The van der Waals surface area contributed by atoms with Gasteiger partial charge in [0.05, 0.1) is 16.9 Å². The van der Waals surface area contributed by atoms with Crippen molar-refractivity contribution < 1.29 is 23.5 Å². The Morgan fingerprint density at radius 3 is 2.56 bits per heavy atom. The molecular weight excluding hydrogens is 530 g/mol. The molecule has 0 unspecified atom stereocenters. The standard InChI is InChI=1S/C28H30F2N4O4.ClH/c1-28(14-32-26(36)21(31)11-16-5-3-2-4-6-16)9-10-33(15-28)24-20(29)12-18-23(22(24)30)34(17-7-8-17)13-19(25(18)35)27(37)38;/h2-6,12-13,17,21H,7-11,14-15,31H2,1H3,(H,32,36)(H,37,38);1H/t21-,28+;/m0./s1. The Morgan fingerprint density at radius 2 is 1.92 bits per heavy atom. The maximum absolute atomic E-state index is 15.9. The van der Waals surface area contributed by atoms with E-state index in [-0.39, 0.29) is 54.0 Å². The number of rotatable bonds is 8. The number of carboxylic acid groups (broad SMARTS) is 1. The van der Waals surface area contributed by atoms with Crippen LogP contribution in [0, 0.1) is 17.0 Å². The average molecular weight is 561 g/mol. The molecule has 1 aromatic heterocycles. The van der Waals surface area contributed by atoms with Gasteiger partial charge in [-0.05, 0) is 37.3 Å². The number of aromatic carboxylic acids is 1. The van der Waals surface area contributed by atoms with Crippen LogP contribution in [0.3, 0.4) is 0 Å². The molecule has 5 rings (SSSR count). The molecular formula is C28H31ClF2N4O4. The molecule has 0 radical (unpaired) electrons. The number of nitrogens with two attached hydrogens (primary N) is 1. The summed E-state index contributed by atoms with van der Waals surface area (Å²) >= 11 is 0. The number of halogens is 3. The monoisotopic (exact) mass is 560 g/mol. The fraction of sp³-hybridized carbons (Fsp3) is 0.393. The molecule has 0 spiro atoms. The number of anilines is 1. The zero-order valence-electron chi connectivity index (χ0n) is 21.5. The zero-order chi connectivity index (χ0) is 27.2. The summed E-state index contributed by atoms with van der Waals surface area (Å²) in [5, 5.41) is 12.0. The lowest BCUT2D eigenvalue weighted by molar-refractivity contribution is -0.122. The Hall–Kier alpha value is -3.50. The Kier molecular flexibility index (Phi) is 7.99. The van der Waals surface area contributed by atoms with E-state index >= 15 is 8.78 Å². The second-order valence-corrected chi connectivity index (χ2v) is 10.7. The number of carbonyl (C=O) groups is 2. The molecule has 2 fully saturated rings. The molecule has 2 atom stereocenters. The lowest BCUT2D eigenvalue weighted by atomic mass is 9.89. The van der Waals surface area contributed by atoms with E-state index in [0.29, 0.717) is 19.4 Å². The quantitative estimate of drug-likeness (QED) is 0.387. The third kappa shape index (κ3) is 5.62. The molecule has 1 aliphatic heterocycles. The number of carboxylic acids is 1. The number of hydrogen-bond donors (Lipinski definition) is 3. The SMILES string of the molecule is C[C@]1(CNC(=O)[C@@H](N)Cc2ccccc2)CCN(c2c(F)cc3c(=O)c(C(=O)O)cn(C4CC4)c3c2F)C1.Cl. The molecule has 3 aromatic rings. The first-order chi connectivity index (χ1) is 18.1. The van der Waals surface area contributed by atoms with E-state index in [2.05, 4.69) is 5.32 Å². The lowest BCUT2D eigenvalue weighted by Gasteiger charge is -2.27. The summed E-state index contributed by atoms with van der Waals surface area (Å²) in [7, 11) is 0. The summed E-state index contributed by atoms with van der Waals surface area (Å²) in [6.45, 7) is 2.85. The first-order valence-corrected chi connectivity index (χ1v) is 12.7. The minimum Gasteiger partial charge on any atom is -0.477 e. The van der Waals surface area contributed by atoms with Crippen LogP contribution in [0.5, 0.6) is 0 Å². The van der Waals surface area contributed by atoms with Gasteiger partial charge in [0.1, 0.15) is 17.1 Å². The molecule has 2 aliphatic rings. The van der Waals surface area contributed by atoms with E-state index in [1.54, 1.807) is 4.90 Å². The van der Waals surface area contributed by atoms with Crippen molar-refractivity contribution in [1.29, 1.82) is 0 Å². The molecule has 1 saturated heterocycles. The Balaban J connectivity index is 0.00000353. The highest BCUT2D eigenvalue weighted by Crippen LogP contribution is 2.41. The van der Waals surface area contributed by atoms with Gasteiger partial charge in [0, 0.05) is 37.3 Å². The number of nitrogens with one attached hydrogen (secondary N) is 1. The fourth-order valence-corrected chi connectivity index (χ4v) is 5.27. The number of aromatic nitrogens is 1. The average Bonchev–Trinajstić information content (AvgIpc) is 3.65. The van der Waals surface area contributed by atoms with Crippen LogP contribution in [0.15, 0.2) is 47.4 Å². The Morgan fingerprint density at radius 1 is 1.23 bits per heavy atom. The summed E-state index contributed by atoms with van der Waals surface area (Å²) < 4.78 is 32.7. The van der Waals surface area contributed by atoms with Crippen LogP contribution in [0.25, 0.3) is 10.9 Å². The van der Waals surface area contributed by atoms with Crippen molar-refractivity contribution in [2.75, 3.05) is 24.5 Å². The van der Waals surface area contributed by atoms with E-state index in [4.69, 9.17) is 5.73 Å². The van der Waals surface area contributed by atoms with Crippen LogP contribution in [-0.2, 0) is 11.2 Å². The van der Waals surface area contributed by atoms with Crippen molar-refractivity contribution in [3.63, 3.8) is 0 Å². The molecule has 4 N–H and O–H groups in total. The zero-order valence-corrected chi connectivity index (χ0v) is 22.3. The molecule has 1 amide bonds. The second-order valence-electron chi connectivity index (χ2n) is 10.7. The van der Waals surface area contributed by atoms with Gasteiger partial charge in [0.25, 0.3) is 0 Å². The Bertz CT molecular complexity index is 1480. The summed E-state index contributed by atoms with van der Waals surface area (Å²) in [5.41, 5.74) is 4.84. The predicted octanol–water partition coefficient (Wildman–Crippen LogP) is 3.64. The number of carbonyl (C=O) groups excluding carboxylic acids is 1. The van der Waals surface area contributed by atoms with Gasteiger partial charge >= 0.3 is 5.97 Å². The van der Waals surface area contributed by atoms with Crippen LogP contribution in [0.1, 0.15) is 48.1 Å². The summed E-state index contributed by atoms with van der Waals surface area (Å²) in [4.78, 5) is 38.5. The van der Waals surface area contributed by atoms with Crippen molar-refractivity contribution in [3.8, 4) is 0 Å². The molecule has 39 heavy (non-hydrogen) atoms. The van der Waals surface area contributed by atoms with E-state index in [0.717, 1.165) is 30.7 Å². The molecule has 1 saturated carbocycles. The van der Waals surface area contributed by atoms with Crippen LogP contribution in [-0.4, -0.2) is 47.2 Å². The lowest BCUT2D eigenvalue weighted by Crippen LogP contribution is -2.46. The van der Waals surface area contributed by atoms with E-state index < -0.39 is 40.1 Å². The Labute approximate surface area is 230 Å². The molecule has 8 nitrogen and oxygen atoms in total. The van der Waals surface area contributed by atoms with Crippen LogP contribution < -0.4 is 21.4 Å². The highest BCUT2D eigenvalue weighted by Gasteiger charge is 2.38. The molecule has 2 aromatic carbocycles. The molecule has 208 valence electrons. The van der Waals surface area contributed by atoms with E-state index in [9.17, 15) is 19.5 Å². The second kappa shape index (κ2) is 10.9. The van der Waals surface area contributed by atoms with Gasteiger partial charge in [-0.3, -0.25) is 9.59 Å². The predicted molar refractivity (Wildman–Crippen MR) is 147 cm³/mol. The normalized spacial score (nSPS) is 19.5. The van der Waals surface area contributed by atoms with Crippen LogP contribution in [0.4, 0.5) is 14.5 Å². The van der Waals surface area contributed by atoms with Gasteiger partial charge in [-0.15, -0.1) is 12.4 Å². The fourth-order valence-electron chi connectivity index (χ4n) is 5.27. The van der Waals surface area contributed by atoms with Gasteiger partial charge in [-0.2, -0.15) is 0 Å². The summed E-state index contributed by atoms with van der Waals surface area (Å²) in [6, 6.07) is 9.56. The number of nitrogens with zero attached hydrogens (tertiary/aromatic N) is 2. The molecule has 2 heterocycles. The maximum Gasteiger partial charge on any atom is 0.341 e. The van der Waals surface area contributed by atoms with Gasteiger partial charge in [-0.1, -0.05) is 37.3 Å². The maximum atomic E-state index is 15.9. The van der Waals surface area contributed by atoms with Crippen molar-refractivity contribution >= 4 is 40.9 Å². The van der Waals surface area contributed by atoms with Crippen LogP contribution >= 0.6 is 12.4 Å². The minimum atomic E-state index is -1.43. The van der Waals surface area contributed by atoms with Crippen molar-refractivity contribution in [3.05, 3.63) is 75.6 Å². The van der Waals surface area contributed by atoms with Gasteiger partial charge in [0.15, 0.2) is 5.82 Å². The number of amides is 1. The van der Waals surface area contributed by atoms with E-state index in [1.165, 1.54) is 4.57 Å². The van der Waals surface area contributed by atoms with E-state index in [1.807, 2.05) is 37.3 Å². The number of hydrogen-bond acceptors (Lipinski definition) is 5. The molecule has 11 heteroatoms. The third-order valence-electron chi connectivity index (χ3n) is 7.55.